The van der Waals surface area contributed by atoms with Gasteiger partial charge in [0.25, 0.3) is 5.22 Å². The highest BCUT2D eigenvalue weighted by molar-refractivity contribution is 7.99. The van der Waals surface area contributed by atoms with Crippen molar-refractivity contribution < 1.29 is 22.4 Å². The molecule has 0 atom stereocenters. The van der Waals surface area contributed by atoms with Gasteiger partial charge >= 0.3 is 6.18 Å². The molecule has 1 amide bonds. The highest BCUT2D eigenvalue weighted by Crippen LogP contribution is 2.38. The smallest absolute Gasteiger partial charge is 0.416 e. The summed E-state index contributed by atoms with van der Waals surface area (Å²) in [6.07, 6.45) is -2.65. The third-order valence-corrected chi connectivity index (χ3v) is 6.89. The molecule has 1 saturated heterocycles. The zero-order valence-electron chi connectivity index (χ0n) is 19.8. The van der Waals surface area contributed by atoms with Gasteiger partial charge in [0.05, 0.1) is 22.7 Å². The summed E-state index contributed by atoms with van der Waals surface area (Å²) >= 11 is 1.13. The highest BCUT2D eigenvalue weighted by atomic mass is 32.2. The van der Waals surface area contributed by atoms with Crippen LogP contribution in [0.15, 0.2) is 88.5 Å². The summed E-state index contributed by atoms with van der Waals surface area (Å²) in [6.45, 7) is 1.31. The van der Waals surface area contributed by atoms with Crippen molar-refractivity contribution in [3.63, 3.8) is 0 Å². The van der Waals surface area contributed by atoms with Crippen LogP contribution >= 0.6 is 11.8 Å². The van der Waals surface area contributed by atoms with Crippen LogP contribution in [0.25, 0.3) is 22.6 Å². The number of aromatic nitrogens is 1. The number of alkyl halides is 3. The predicted molar refractivity (Wildman–Crippen MR) is 140 cm³/mol. The van der Waals surface area contributed by atoms with E-state index in [1.807, 2.05) is 65.6 Å². The van der Waals surface area contributed by atoms with Crippen molar-refractivity contribution >= 4 is 29.0 Å². The third kappa shape index (κ3) is 5.83. The molecule has 1 aliphatic rings. The second kappa shape index (κ2) is 10.7. The van der Waals surface area contributed by atoms with Gasteiger partial charge in [-0.2, -0.15) is 13.2 Å². The van der Waals surface area contributed by atoms with Crippen LogP contribution in [0.3, 0.4) is 0 Å². The predicted octanol–water partition coefficient (Wildman–Crippen LogP) is 7.36. The maximum absolute atomic E-state index is 13.3. The quantitative estimate of drug-likeness (QED) is 0.257. The van der Waals surface area contributed by atoms with E-state index in [1.165, 1.54) is 6.07 Å². The number of amides is 1. The van der Waals surface area contributed by atoms with Crippen LogP contribution in [0.1, 0.15) is 18.4 Å². The summed E-state index contributed by atoms with van der Waals surface area (Å²) < 4.78 is 46.0. The lowest BCUT2D eigenvalue weighted by molar-refractivity contribution is -0.137. The normalized spacial score (nSPS) is 13.6. The van der Waals surface area contributed by atoms with Crippen molar-refractivity contribution in [3.05, 3.63) is 84.4 Å². The molecule has 0 radical (unpaired) electrons. The van der Waals surface area contributed by atoms with Gasteiger partial charge in [0.1, 0.15) is 5.69 Å². The van der Waals surface area contributed by atoms with E-state index in [0.29, 0.717) is 41.1 Å². The van der Waals surface area contributed by atoms with Crippen LogP contribution in [0, 0.1) is 0 Å². The van der Waals surface area contributed by atoms with Crippen molar-refractivity contribution in [1.29, 1.82) is 0 Å². The first kappa shape index (κ1) is 25.0. The first-order valence-electron chi connectivity index (χ1n) is 11.9. The van der Waals surface area contributed by atoms with Crippen molar-refractivity contribution in [2.75, 3.05) is 29.1 Å². The standard InChI is InChI=1S/C28H24F3N3O2S/c29-28(30,31)21-13-14-22(23(17-21)34-15-7-8-16-34)32-24(35)18-37-27-33-25(19-9-3-1-4-10-19)26(36-27)20-11-5-2-6-12-20/h1-6,9-14,17H,7-8,15-16,18H2,(H,32,35). The number of thioether (sulfide) groups is 1. The summed E-state index contributed by atoms with van der Waals surface area (Å²) in [5.74, 6) is 0.239. The number of carbonyl (C=O) groups is 1. The molecule has 1 fully saturated rings. The molecule has 190 valence electrons. The molecule has 9 heteroatoms. The van der Waals surface area contributed by atoms with Gasteiger partial charge in [-0.3, -0.25) is 4.79 Å². The SMILES string of the molecule is O=C(CSc1nc(-c2ccccc2)c(-c2ccccc2)o1)Nc1ccc(C(F)(F)F)cc1N1CCCC1. The average molecular weight is 524 g/mol. The number of hydrogen-bond donors (Lipinski definition) is 1. The summed E-state index contributed by atoms with van der Waals surface area (Å²) in [6, 6.07) is 22.7. The van der Waals surface area contributed by atoms with E-state index in [4.69, 9.17) is 4.42 Å². The number of nitrogens with one attached hydrogen (secondary N) is 1. The van der Waals surface area contributed by atoms with Crippen molar-refractivity contribution in [2.24, 2.45) is 0 Å². The Hall–Kier alpha value is -3.72. The van der Waals surface area contributed by atoms with Crippen LogP contribution in [-0.4, -0.2) is 29.7 Å². The van der Waals surface area contributed by atoms with Crippen LogP contribution in [0.4, 0.5) is 24.5 Å². The zero-order chi connectivity index (χ0) is 25.8. The van der Waals surface area contributed by atoms with Crippen LogP contribution in [0.2, 0.25) is 0 Å². The van der Waals surface area contributed by atoms with Gasteiger partial charge in [0.2, 0.25) is 5.91 Å². The monoisotopic (exact) mass is 523 g/mol. The fraction of sp³-hybridized carbons (Fsp3) is 0.214. The van der Waals surface area contributed by atoms with Crippen molar-refractivity contribution in [3.8, 4) is 22.6 Å². The molecular weight excluding hydrogens is 499 g/mol. The van der Waals surface area contributed by atoms with E-state index in [-0.39, 0.29) is 11.7 Å². The van der Waals surface area contributed by atoms with Gasteiger partial charge in [-0.1, -0.05) is 72.4 Å². The molecule has 1 aliphatic heterocycles. The Labute approximate surface area is 216 Å². The van der Waals surface area contributed by atoms with Crippen LogP contribution < -0.4 is 10.2 Å². The van der Waals surface area contributed by atoms with E-state index in [1.54, 1.807) is 0 Å². The van der Waals surface area contributed by atoms with Gasteiger partial charge in [0, 0.05) is 24.2 Å². The number of carbonyl (C=O) groups excluding carboxylic acids is 1. The molecule has 37 heavy (non-hydrogen) atoms. The van der Waals surface area contributed by atoms with E-state index >= 15 is 0 Å². The molecule has 0 unspecified atom stereocenters. The minimum absolute atomic E-state index is 0.0105. The van der Waals surface area contributed by atoms with Crippen LogP contribution in [-0.2, 0) is 11.0 Å². The molecule has 2 heterocycles. The molecule has 1 N–H and O–H groups in total. The molecule has 0 saturated carbocycles. The Morgan fingerprint density at radius 2 is 1.59 bits per heavy atom. The van der Waals surface area contributed by atoms with E-state index < -0.39 is 11.7 Å². The summed E-state index contributed by atoms with van der Waals surface area (Å²) in [7, 11) is 0. The first-order valence-corrected chi connectivity index (χ1v) is 12.9. The Morgan fingerprint density at radius 1 is 0.946 bits per heavy atom. The maximum Gasteiger partial charge on any atom is 0.416 e. The Morgan fingerprint density at radius 3 is 2.24 bits per heavy atom. The zero-order valence-corrected chi connectivity index (χ0v) is 20.6. The van der Waals surface area contributed by atoms with Gasteiger partial charge in [-0.25, -0.2) is 4.98 Å². The second-order valence-corrected chi connectivity index (χ2v) is 9.58. The minimum Gasteiger partial charge on any atom is -0.431 e. The highest BCUT2D eigenvalue weighted by Gasteiger charge is 2.32. The van der Waals surface area contributed by atoms with Crippen LogP contribution in [0.5, 0.6) is 0 Å². The minimum atomic E-state index is -4.45. The molecular formula is C28H24F3N3O2S. The molecule has 5 nitrogen and oxygen atoms in total. The Bertz CT molecular complexity index is 1310. The van der Waals surface area contributed by atoms with Crippen molar-refractivity contribution in [2.45, 2.75) is 24.2 Å². The molecule has 3 aromatic carbocycles. The number of benzene rings is 3. The largest absolute Gasteiger partial charge is 0.431 e. The summed E-state index contributed by atoms with van der Waals surface area (Å²) in [4.78, 5) is 19.3. The second-order valence-electron chi connectivity index (χ2n) is 8.65. The number of halogens is 3. The van der Waals surface area contributed by atoms with Crippen molar-refractivity contribution in [1.82, 2.24) is 4.98 Å². The third-order valence-electron chi connectivity index (χ3n) is 6.06. The van der Waals surface area contributed by atoms with E-state index in [0.717, 1.165) is 47.9 Å². The molecule has 5 rings (SSSR count). The number of oxazole rings is 1. The fourth-order valence-electron chi connectivity index (χ4n) is 4.29. The topological polar surface area (TPSA) is 58.4 Å². The lowest BCUT2D eigenvalue weighted by Crippen LogP contribution is -2.22. The fourth-order valence-corrected chi connectivity index (χ4v) is 4.91. The van der Waals surface area contributed by atoms with E-state index in [2.05, 4.69) is 10.3 Å². The maximum atomic E-state index is 13.3. The van der Waals surface area contributed by atoms with E-state index in [9.17, 15) is 18.0 Å². The first-order chi connectivity index (χ1) is 17.9. The van der Waals surface area contributed by atoms with Gasteiger partial charge in [-0.05, 0) is 31.0 Å². The molecule has 1 aromatic heterocycles. The summed E-state index contributed by atoms with van der Waals surface area (Å²) in [5, 5.41) is 3.12. The van der Waals surface area contributed by atoms with Gasteiger partial charge in [-0.15, -0.1) is 0 Å². The molecule has 0 bridgehead atoms. The number of anilines is 2. The number of rotatable bonds is 7. The lowest BCUT2D eigenvalue weighted by atomic mass is 10.1. The number of hydrogen-bond acceptors (Lipinski definition) is 5. The molecule has 4 aromatic rings. The number of nitrogens with zero attached hydrogens (tertiary/aromatic N) is 2. The summed E-state index contributed by atoms with van der Waals surface area (Å²) in [5.41, 5.74) is 2.45. The van der Waals surface area contributed by atoms with Gasteiger partial charge < -0.3 is 14.6 Å². The molecule has 0 aliphatic carbocycles. The Balaban J connectivity index is 1.34. The van der Waals surface area contributed by atoms with Gasteiger partial charge in [0.15, 0.2) is 5.76 Å². The average Bonchev–Trinajstić information content (AvgIpc) is 3.59. The lowest BCUT2D eigenvalue weighted by Gasteiger charge is -2.23. The molecule has 0 spiro atoms. The Kier molecular flexibility index (Phi) is 7.23.